The topological polar surface area (TPSA) is 64.3 Å². The summed E-state index contributed by atoms with van der Waals surface area (Å²) in [6.07, 6.45) is 2.19. The Bertz CT molecular complexity index is 869. The van der Waals surface area contributed by atoms with Gasteiger partial charge in [-0.25, -0.2) is 4.68 Å². The van der Waals surface area contributed by atoms with E-state index in [2.05, 4.69) is 5.10 Å². The second kappa shape index (κ2) is 7.21. The first-order chi connectivity index (χ1) is 12.1. The van der Waals surface area contributed by atoms with Gasteiger partial charge in [-0.2, -0.15) is 5.10 Å². The van der Waals surface area contributed by atoms with Crippen LogP contribution in [0.5, 0.6) is 5.75 Å². The summed E-state index contributed by atoms with van der Waals surface area (Å²) in [5.41, 5.74) is 3.48. The molecule has 0 amide bonds. The van der Waals surface area contributed by atoms with Crippen LogP contribution in [0.25, 0.3) is 5.69 Å². The molecule has 1 heterocycles. The fourth-order valence-electron chi connectivity index (χ4n) is 2.79. The van der Waals surface area contributed by atoms with Gasteiger partial charge in [0.05, 0.1) is 24.4 Å². The lowest BCUT2D eigenvalue weighted by Crippen LogP contribution is -2.15. The average molecular weight is 336 g/mol. The summed E-state index contributed by atoms with van der Waals surface area (Å²) in [6, 6.07) is 17.0. The first kappa shape index (κ1) is 16.8. The SMILES string of the molecule is COc1ccc(-n2ccc(CC(C(=O)O)c3cccc(C)c3)n2)cc1. The lowest BCUT2D eigenvalue weighted by atomic mass is 9.93. The van der Waals surface area contributed by atoms with E-state index >= 15 is 0 Å². The predicted molar refractivity (Wildman–Crippen MR) is 95.4 cm³/mol. The normalized spacial score (nSPS) is 11.9. The summed E-state index contributed by atoms with van der Waals surface area (Å²) < 4.78 is 6.89. The zero-order valence-electron chi connectivity index (χ0n) is 14.2. The molecule has 0 aliphatic carbocycles. The molecule has 0 saturated carbocycles. The number of rotatable bonds is 6. The third-order valence-electron chi connectivity index (χ3n) is 4.14. The van der Waals surface area contributed by atoms with E-state index < -0.39 is 11.9 Å². The maximum atomic E-state index is 11.7. The number of methoxy groups -OCH3 is 1. The lowest BCUT2D eigenvalue weighted by Gasteiger charge is -2.12. The minimum absolute atomic E-state index is 0.349. The van der Waals surface area contributed by atoms with E-state index in [9.17, 15) is 9.90 Å². The molecule has 1 unspecified atom stereocenters. The highest BCUT2D eigenvalue weighted by Crippen LogP contribution is 2.22. The van der Waals surface area contributed by atoms with Gasteiger partial charge in [0.2, 0.25) is 0 Å². The summed E-state index contributed by atoms with van der Waals surface area (Å²) >= 11 is 0. The molecule has 1 N–H and O–H groups in total. The van der Waals surface area contributed by atoms with Crippen LogP contribution >= 0.6 is 0 Å². The van der Waals surface area contributed by atoms with Crippen molar-refractivity contribution in [2.75, 3.05) is 7.11 Å². The Hall–Kier alpha value is -3.08. The van der Waals surface area contributed by atoms with Crippen molar-refractivity contribution in [1.29, 1.82) is 0 Å². The molecule has 0 saturated heterocycles. The van der Waals surface area contributed by atoms with E-state index in [0.717, 1.165) is 28.3 Å². The molecule has 25 heavy (non-hydrogen) atoms. The Balaban J connectivity index is 1.82. The number of nitrogens with zero attached hydrogens (tertiary/aromatic N) is 2. The van der Waals surface area contributed by atoms with Crippen molar-refractivity contribution < 1.29 is 14.6 Å². The van der Waals surface area contributed by atoms with Gasteiger partial charge in [-0.15, -0.1) is 0 Å². The Morgan fingerprint density at radius 2 is 1.96 bits per heavy atom. The number of carboxylic acid groups (broad SMARTS) is 1. The van der Waals surface area contributed by atoms with Crippen molar-refractivity contribution in [3.8, 4) is 11.4 Å². The molecule has 0 radical (unpaired) electrons. The van der Waals surface area contributed by atoms with Gasteiger partial charge in [0.1, 0.15) is 5.75 Å². The van der Waals surface area contributed by atoms with Crippen molar-refractivity contribution in [2.24, 2.45) is 0 Å². The number of hydrogen-bond donors (Lipinski definition) is 1. The minimum Gasteiger partial charge on any atom is -0.497 e. The molecule has 1 atom stereocenters. The molecule has 3 rings (SSSR count). The van der Waals surface area contributed by atoms with Crippen molar-refractivity contribution >= 4 is 5.97 Å². The van der Waals surface area contributed by atoms with Gasteiger partial charge in [0.15, 0.2) is 0 Å². The fourth-order valence-corrected chi connectivity index (χ4v) is 2.79. The van der Waals surface area contributed by atoms with Crippen LogP contribution in [-0.4, -0.2) is 28.0 Å². The zero-order chi connectivity index (χ0) is 17.8. The fraction of sp³-hybridized carbons (Fsp3) is 0.200. The van der Waals surface area contributed by atoms with Gasteiger partial charge in [0.25, 0.3) is 0 Å². The molecule has 5 nitrogen and oxygen atoms in total. The third-order valence-corrected chi connectivity index (χ3v) is 4.14. The molecular weight excluding hydrogens is 316 g/mol. The number of aryl methyl sites for hydroxylation is 1. The van der Waals surface area contributed by atoms with Crippen molar-refractivity contribution in [1.82, 2.24) is 9.78 Å². The molecule has 128 valence electrons. The van der Waals surface area contributed by atoms with Crippen molar-refractivity contribution in [3.05, 3.63) is 77.6 Å². The van der Waals surface area contributed by atoms with E-state index in [-0.39, 0.29) is 0 Å². The van der Waals surface area contributed by atoms with Crippen LogP contribution in [0.2, 0.25) is 0 Å². The standard InChI is InChI=1S/C20H20N2O3/c1-14-4-3-5-15(12-14)19(20(23)24)13-16-10-11-22(21-16)17-6-8-18(25-2)9-7-17/h3-12,19H,13H2,1-2H3,(H,23,24). The summed E-state index contributed by atoms with van der Waals surface area (Å²) in [7, 11) is 1.62. The van der Waals surface area contributed by atoms with Crippen LogP contribution in [0.1, 0.15) is 22.7 Å². The number of carbonyl (C=O) groups is 1. The number of carboxylic acids is 1. The largest absolute Gasteiger partial charge is 0.497 e. The Morgan fingerprint density at radius 1 is 1.20 bits per heavy atom. The third kappa shape index (κ3) is 3.88. The van der Waals surface area contributed by atoms with Crippen LogP contribution in [0.15, 0.2) is 60.8 Å². The molecule has 1 aromatic heterocycles. The second-order valence-corrected chi connectivity index (χ2v) is 5.96. The molecule has 2 aromatic carbocycles. The van der Waals surface area contributed by atoms with Gasteiger partial charge in [-0.3, -0.25) is 4.79 Å². The highest BCUT2D eigenvalue weighted by atomic mass is 16.5. The van der Waals surface area contributed by atoms with E-state index in [0.29, 0.717) is 6.42 Å². The summed E-state index contributed by atoms with van der Waals surface area (Å²) in [4.78, 5) is 11.7. The van der Waals surface area contributed by atoms with Crippen molar-refractivity contribution in [2.45, 2.75) is 19.3 Å². The molecule has 0 fully saturated rings. The van der Waals surface area contributed by atoms with Crippen LogP contribution in [-0.2, 0) is 11.2 Å². The number of aliphatic carboxylic acids is 1. The summed E-state index contributed by atoms with van der Waals surface area (Å²) in [6.45, 7) is 1.96. The number of ether oxygens (including phenoxy) is 1. The highest BCUT2D eigenvalue weighted by Gasteiger charge is 2.21. The smallest absolute Gasteiger partial charge is 0.311 e. The van der Waals surface area contributed by atoms with Gasteiger partial charge >= 0.3 is 5.97 Å². The molecule has 0 aliphatic heterocycles. The van der Waals surface area contributed by atoms with E-state index in [1.807, 2.05) is 67.7 Å². The monoisotopic (exact) mass is 336 g/mol. The van der Waals surface area contributed by atoms with Gasteiger partial charge in [0, 0.05) is 12.6 Å². The number of hydrogen-bond acceptors (Lipinski definition) is 3. The Morgan fingerprint density at radius 3 is 2.60 bits per heavy atom. The van der Waals surface area contributed by atoms with Gasteiger partial charge in [-0.05, 0) is 42.8 Å². The van der Waals surface area contributed by atoms with E-state index in [1.54, 1.807) is 11.8 Å². The molecule has 0 spiro atoms. The molecular formula is C20H20N2O3. The Labute approximate surface area is 146 Å². The van der Waals surface area contributed by atoms with Crippen LogP contribution < -0.4 is 4.74 Å². The first-order valence-corrected chi connectivity index (χ1v) is 8.05. The maximum absolute atomic E-state index is 11.7. The first-order valence-electron chi connectivity index (χ1n) is 8.05. The average Bonchev–Trinajstić information content (AvgIpc) is 3.08. The van der Waals surface area contributed by atoms with Gasteiger partial charge < -0.3 is 9.84 Å². The van der Waals surface area contributed by atoms with E-state index in [1.165, 1.54) is 0 Å². The van der Waals surface area contributed by atoms with Crippen LogP contribution in [0.3, 0.4) is 0 Å². The van der Waals surface area contributed by atoms with E-state index in [4.69, 9.17) is 4.74 Å². The molecule has 3 aromatic rings. The van der Waals surface area contributed by atoms with Crippen LogP contribution in [0, 0.1) is 6.92 Å². The molecule has 0 bridgehead atoms. The Kier molecular flexibility index (Phi) is 4.84. The number of benzene rings is 2. The predicted octanol–water partition coefficient (Wildman–Crippen LogP) is 3.60. The molecule has 0 aliphatic rings. The van der Waals surface area contributed by atoms with Crippen LogP contribution in [0.4, 0.5) is 0 Å². The van der Waals surface area contributed by atoms with Gasteiger partial charge in [-0.1, -0.05) is 29.8 Å². The zero-order valence-corrected chi connectivity index (χ0v) is 14.2. The maximum Gasteiger partial charge on any atom is 0.311 e. The quantitative estimate of drug-likeness (QED) is 0.747. The lowest BCUT2D eigenvalue weighted by molar-refractivity contribution is -0.138. The summed E-state index contributed by atoms with van der Waals surface area (Å²) in [5, 5.41) is 14.1. The number of aromatic nitrogens is 2. The highest BCUT2D eigenvalue weighted by molar-refractivity contribution is 5.76. The van der Waals surface area contributed by atoms with Crippen molar-refractivity contribution in [3.63, 3.8) is 0 Å². The minimum atomic E-state index is -0.843. The second-order valence-electron chi connectivity index (χ2n) is 5.96. The molecule has 5 heteroatoms. The summed E-state index contributed by atoms with van der Waals surface area (Å²) in [5.74, 6) is -0.676.